The van der Waals surface area contributed by atoms with E-state index >= 15 is 0 Å². The molecule has 0 aromatic heterocycles. The average molecular weight is 485 g/mol. The lowest BCUT2D eigenvalue weighted by Gasteiger charge is -2.25. The Bertz CT molecular complexity index is 1030. The molecule has 3 aromatic carbocycles. The van der Waals surface area contributed by atoms with Crippen LogP contribution in [-0.2, 0) is 12.0 Å². The first-order valence-electron chi connectivity index (χ1n) is 11.2. The summed E-state index contributed by atoms with van der Waals surface area (Å²) in [6, 6.07) is 24.8. The zero-order valence-electron chi connectivity index (χ0n) is 20.2. The fraction of sp³-hybridized carbons (Fsp3) is 0.321. The SMILES string of the molecule is CCC(C)c1ccc(N(Cc2ccc(C(C)(C)C)cc2)C(N)=Nc2ccc(Cl)cc2)cc1.Cl. The summed E-state index contributed by atoms with van der Waals surface area (Å²) in [5, 5.41) is 0.680. The van der Waals surface area contributed by atoms with Crippen LogP contribution in [0.3, 0.4) is 0 Å². The molecule has 5 heteroatoms. The maximum absolute atomic E-state index is 6.53. The number of halogens is 2. The molecule has 0 saturated heterocycles. The minimum Gasteiger partial charge on any atom is -0.369 e. The second-order valence-corrected chi connectivity index (χ2v) is 9.82. The summed E-state index contributed by atoms with van der Waals surface area (Å²) in [5.41, 5.74) is 12.3. The second-order valence-electron chi connectivity index (χ2n) is 9.38. The third-order valence-corrected chi connectivity index (χ3v) is 6.15. The largest absolute Gasteiger partial charge is 0.369 e. The molecule has 0 spiro atoms. The Kier molecular flexibility index (Phi) is 9.39. The van der Waals surface area contributed by atoms with Crippen molar-refractivity contribution in [2.75, 3.05) is 4.90 Å². The number of rotatable bonds is 6. The number of anilines is 1. The number of nitrogens with zero attached hydrogens (tertiary/aromatic N) is 2. The van der Waals surface area contributed by atoms with Gasteiger partial charge < -0.3 is 10.6 Å². The van der Waals surface area contributed by atoms with Gasteiger partial charge in [-0.1, -0.05) is 82.6 Å². The summed E-state index contributed by atoms with van der Waals surface area (Å²) in [4.78, 5) is 6.72. The number of hydrogen-bond acceptors (Lipinski definition) is 1. The zero-order valence-corrected chi connectivity index (χ0v) is 21.8. The van der Waals surface area contributed by atoms with Crippen molar-refractivity contribution in [3.8, 4) is 0 Å². The van der Waals surface area contributed by atoms with Crippen molar-refractivity contribution in [3.05, 3.63) is 94.5 Å². The lowest BCUT2D eigenvalue weighted by Crippen LogP contribution is -2.36. The van der Waals surface area contributed by atoms with Gasteiger partial charge in [-0.05, 0) is 70.8 Å². The van der Waals surface area contributed by atoms with Crippen molar-refractivity contribution >= 4 is 41.3 Å². The van der Waals surface area contributed by atoms with E-state index in [1.54, 1.807) is 0 Å². The third-order valence-electron chi connectivity index (χ3n) is 5.89. The lowest BCUT2D eigenvalue weighted by atomic mass is 9.87. The van der Waals surface area contributed by atoms with Gasteiger partial charge in [0, 0.05) is 10.7 Å². The van der Waals surface area contributed by atoms with E-state index in [1.165, 1.54) is 16.7 Å². The van der Waals surface area contributed by atoms with Gasteiger partial charge in [-0.3, -0.25) is 0 Å². The molecule has 33 heavy (non-hydrogen) atoms. The summed E-state index contributed by atoms with van der Waals surface area (Å²) in [6.07, 6.45) is 1.11. The highest BCUT2D eigenvalue weighted by Gasteiger charge is 2.16. The van der Waals surface area contributed by atoms with E-state index in [0.717, 1.165) is 17.8 Å². The molecule has 2 N–H and O–H groups in total. The van der Waals surface area contributed by atoms with E-state index < -0.39 is 0 Å². The maximum atomic E-state index is 6.53. The minimum absolute atomic E-state index is 0. The van der Waals surface area contributed by atoms with Gasteiger partial charge in [0.25, 0.3) is 0 Å². The van der Waals surface area contributed by atoms with Crippen molar-refractivity contribution in [1.82, 2.24) is 0 Å². The molecule has 3 rings (SSSR count). The Balaban J connectivity index is 0.00000385. The quantitative estimate of drug-likeness (QED) is 0.283. The Hall–Kier alpha value is -2.49. The van der Waals surface area contributed by atoms with Crippen LogP contribution in [0.5, 0.6) is 0 Å². The van der Waals surface area contributed by atoms with E-state index in [9.17, 15) is 0 Å². The van der Waals surface area contributed by atoms with Gasteiger partial charge in [0.05, 0.1) is 12.2 Å². The summed E-state index contributed by atoms with van der Waals surface area (Å²) >= 11 is 6.02. The first kappa shape index (κ1) is 26.8. The molecule has 0 radical (unpaired) electrons. The van der Waals surface area contributed by atoms with Gasteiger partial charge in [-0.25, -0.2) is 4.99 Å². The molecule has 3 nitrogen and oxygen atoms in total. The van der Waals surface area contributed by atoms with Crippen LogP contribution < -0.4 is 10.6 Å². The molecule has 0 aliphatic heterocycles. The predicted molar refractivity (Wildman–Crippen MR) is 146 cm³/mol. The molecule has 0 heterocycles. The summed E-state index contributed by atoms with van der Waals surface area (Å²) in [6.45, 7) is 11.8. The van der Waals surface area contributed by atoms with E-state index in [4.69, 9.17) is 17.3 Å². The van der Waals surface area contributed by atoms with Crippen molar-refractivity contribution < 1.29 is 0 Å². The van der Waals surface area contributed by atoms with E-state index in [-0.39, 0.29) is 17.8 Å². The van der Waals surface area contributed by atoms with Gasteiger partial charge in [0.15, 0.2) is 0 Å². The molecule has 0 bridgehead atoms. The smallest absolute Gasteiger partial charge is 0.201 e. The van der Waals surface area contributed by atoms with Gasteiger partial charge in [-0.2, -0.15) is 0 Å². The average Bonchev–Trinajstić information content (AvgIpc) is 2.78. The van der Waals surface area contributed by atoms with E-state index in [2.05, 4.69) is 93.0 Å². The van der Waals surface area contributed by atoms with E-state index in [0.29, 0.717) is 23.4 Å². The molecule has 3 aromatic rings. The number of hydrogen-bond donors (Lipinski definition) is 1. The standard InChI is InChI=1S/C28H34ClN3.ClH/c1-6-20(2)22-9-17-26(18-10-22)32(27(30)31-25-15-13-24(29)14-16-25)19-21-7-11-23(12-8-21)28(3,4)5;/h7-18,20H,6,19H2,1-5H3,(H2,30,31);1H. The minimum atomic E-state index is 0. The van der Waals surface area contributed by atoms with Crippen LogP contribution in [0.2, 0.25) is 5.02 Å². The number of benzene rings is 3. The Labute approximate surface area is 210 Å². The van der Waals surface area contributed by atoms with Crippen LogP contribution in [0.1, 0.15) is 63.6 Å². The van der Waals surface area contributed by atoms with Crippen LogP contribution in [0, 0.1) is 0 Å². The summed E-state index contributed by atoms with van der Waals surface area (Å²) < 4.78 is 0. The number of aliphatic imine (C=N–C) groups is 1. The molecule has 1 unspecified atom stereocenters. The normalized spacial score (nSPS) is 12.7. The van der Waals surface area contributed by atoms with Gasteiger partial charge in [0.1, 0.15) is 0 Å². The third kappa shape index (κ3) is 7.25. The highest BCUT2D eigenvalue weighted by atomic mass is 35.5. The number of guanidine groups is 1. The van der Waals surface area contributed by atoms with Gasteiger partial charge in [-0.15, -0.1) is 12.4 Å². The Morgan fingerprint density at radius 2 is 1.52 bits per heavy atom. The summed E-state index contributed by atoms with van der Waals surface area (Å²) in [7, 11) is 0. The van der Waals surface area contributed by atoms with Crippen molar-refractivity contribution in [2.24, 2.45) is 10.7 Å². The van der Waals surface area contributed by atoms with Crippen LogP contribution in [0.4, 0.5) is 11.4 Å². The van der Waals surface area contributed by atoms with Gasteiger partial charge in [0.2, 0.25) is 5.96 Å². The van der Waals surface area contributed by atoms with Crippen LogP contribution in [-0.4, -0.2) is 5.96 Å². The summed E-state index contributed by atoms with van der Waals surface area (Å²) in [5.74, 6) is 0.978. The second kappa shape index (κ2) is 11.6. The molecular formula is C28H35Cl2N3. The fourth-order valence-corrected chi connectivity index (χ4v) is 3.65. The van der Waals surface area contributed by atoms with Crippen LogP contribution >= 0.6 is 24.0 Å². The monoisotopic (exact) mass is 483 g/mol. The predicted octanol–water partition coefficient (Wildman–Crippen LogP) is 8.23. The molecule has 0 aliphatic carbocycles. The highest BCUT2D eigenvalue weighted by molar-refractivity contribution is 6.30. The Morgan fingerprint density at radius 3 is 2.03 bits per heavy atom. The topological polar surface area (TPSA) is 41.6 Å². The molecular weight excluding hydrogens is 449 g/mol. The molecule has 176 valence electrons. The van der Waals surface area contributed by atoms with Crippen LogP contribution in [0.15, 0.2) is 77.8 Å². The number of nitrogens with two attached hydrogens (primary N) is 1. The molecule has 0 amide bonds. The lowest BCUT2D eigenvalue weighted by molar-refractivity contribution is 0.590. The first-order valence-corrected chi connectivity index (χ1v) is 11.6. The van der Waals surface area contributed by atoms with Crippen LogP contribution in [0.25, 0.3) is 0 Å². The van der Waals surface area contributed by atoms with Gasteiger partial charge >= 0.3 is 0 Å². The van der Waals surface area contributed by atoms with Crippen molar-refractivity contribution in [1.29, 1.82) is 0 Å². The maximum Gasteiger partial charge on any atom is 0.201 e. The zero-order chi connectivity index (χ0) is 23.3. The molecule has 1 atom stereocenters. The fourth-order valence-electron chi connectivity index (χ4n) is 3.52. The van der Waals surface area contributed by atoms with Crippen molar-refractivity contribution in [2.45, 2.75) is 58.9 Å². The Morgan fingerprint density at radius 1 is 0.939 bits per heavy atom. The molecule has 0 fully saturated rings. The van der Waals surface area contributed by atoms with E-state index in [1.807, 2.05) is 24.3 Å². The molecule has 0 saturated carbocycles. The van der Waals surface area contributed by atoms with Crippen molar-refractivity contribution in [3.63, 3.8) is 0 Å². The first-order chi connectivity index (χ1) is 15.2. The highest BCUT2D eigenvalue weighted by Crippen LogP contribution is 2.26. The molecule has 0 aliphatic rings.